The van der Waals surface area contributed by atoms with Gasteiger partial charge in [-0.25, -0.2) is 0 Å². The number of halogens is 1. The highest BCUT2D eigenvalue weighted by Gasteiger charge is 2.17. The third-order valence-electron chi connectivity index (χ3n) is 2.87. The Morgan fingerprint density at radius 3 is 2.39 bits per heavy atom. The van der Waals surface area contributed by atoms with Gasteiger partial charge in [-0.1, -0.05) is 23.7 Å². The lowest BCUT2D eigenvalue weighted by Crippen LogP contribution is -2.42. The van der Waals surface area contributed by atoms with Crippen molar-refractivity contribution in [3.05, 3.63) is 52.5 Å². The van der Waals surface area contributed by atoms with Crippen molar-refractivity contribution in [2.24, 2.45) is 0 Å². The van der Waals surface area contributed by atoms with Gasteiger partial charge in [0.25, 0.3) is 5.91 Å². The van der Waals surface area contributed by atoms with Crippen LogP contribution in [0.25, 0.3) is 0 Å². The van der Waals surface area contributed by atoms with E-state index in [1.54, 1.807) is 12.1 Å². The van der Waals surface area contributed by atoms with Crippen LogP contribution in [0.1, 0.15) is 15.9 Å². The molecule has 0 fully saturated rings. The first-order valence-electron chi connectivity index (χ1n) is 6.45. The molecule has 5 N–H and O–H groups in total. The molecule has 0 saturated carbocycles. The maximum absolute atomic E-state index is 11.9. The van der Waals surface area contributed by atoms with Crippen molar-refractivity contribution >= 4 is 23.4 Å². The summed E-state index contributed by atoms with van der Waals surface area (Å²) < 4.78 is 0. The fourth-order valence-corrected chi connectivity index (χ4v) is 2.18. The predicted molar refractivity (Wildman–Crippen MR) is 82.2 cm³/mol. The van der Waals surface area contributed by atoms with E-state index in [-0.39, 0.29) is 28.5 Å². The Morgan fingerprint density at radius 2 is 1.74 bits per heavy atom. The first-order valence-corrected chi connectivity index (χ1v) is 6.83. The molecule has 0 aliphatic carbocycles. The molecule has 7 nitrogen and oxygen atoms in total. The topological polar surface area (TPSA) is 119 Å². The van der Waals surface area contributed by atoms with Crippen LogP contribution in [0.15, 0.2) is 36.4 Å². The molecule has 2 aromatic carbocycles. The maximum Gasteiger partial charge on any atom is 0.274 e. The monoisotopic (exact) mass is 336 g/mol. The molecule has 120 valence electrons. The Kier molecular flexibility index (Phi) is 4.92. The predicted octanol–water partition coefficient (Wildman–Crippen LogP) is 1.46. The smallest absolute Gasteiger partial charge is 0.274 e. The van der Waals surface area contributed by atoms with Crippen LogP contribution in [-0.4, -0.2) is 27.1 Å². The lowest BCUT2D eigenvalue weighted by Gasteiger charge is -2.10. The highest BCUT2D eigenvalue weighted by molar-refractivity contribution is 6.34. The summed E-state index contributed by atoms with van der Waals surface area (Å²) in [5.41, 5.74) is 4.56. The van der Waals surface area contributed by atoms with Crippen molar-refractivity contribution in [3.63, 3.8) is 0 Å². The minimum atomic E-state index is -0.836. The molecule has 0 atom stereocenters. The van der Waals surface area contributed by atoms with Gasteiger partial charge < -0.3 is 15.3 Å². The van der Waals surface area contributed by atoms with Gasteiger partial charge in [-0.15, -0.1) is 0 Å². The van der Waals surface area contributed by atoms with Gasteiger partial charge in [0.1, 0.15) is 22.8 Å². The van der Waals surface area contributed by atoms with Gasteiger partial charge in [-0.05, 0) is 23.8 Å². The van der Waals surface area contributed by atoms with Crippen LogP contribution >= 0.6 is 11.6 Å². The number of hydrogen-bond donors (Lipinski definition) is 5. The van der Waals surface area contributed by atoms with Crippen molar-refractivity contribution in [3.8, 4) is 17.2 Å². The Balaban J connectivity index is 1.98. The molecular formula is C15H13ClN2O5. The number of carbonyl (C=O) groups excluding carboxylic acids is 2. The first-order chi connectivity index (χ1) is 10.9. The zero-order valence-electron chi connectivity index (χ0n) is 11.7. The second-order valence-electron chi connectivity index (χ2n) is 4.67. The van der Waals surface area contributed by atoms with Crippen LogP contribution in [0.5, 0.6) is 17.2 Å². The van der Waals surface area contributed by atoms with E-state index < -0.39 is 17.6 Å². The number of carbonyl (C=O) groups is 2. The van der Waals surface area contributed by atoms with Crippen LogP contribution in [0, 0.1) is 0 Å². The number of hydrogen-bond acceptors (Lipinski definition) is 5. The zero-order valence-corrected chi connectivity index (χ0v) is 12.5. The Labute approximate surface area is 136 Å². The number of phenolic OH excluding ortho intramolecular Hbond substituents is 3. The summed E-state index contributed by atoms with van der Waals surface area (Å²) in [5, 5.41) is 28.0. The van der Waals surface area contributed by atoms with Crippen molar-refractivity contribution in [1.82, 2.24) is 10.9 Å². The van der Waals surface area contributed by atoms with Gasteiger partial charge in [0, 0.05) is 6.07 Å². The fourth-order valence-electron chi connectivity index (χ4n) is 1.89. The van der Waals surface area contributed by atoms with Crippen LogP contribution in [0.2, 0.25) is 5.02 Å². The minimum absolute atomic E-state index is 0.0279. The van der Waals surface area contributed by atoms with Crippen LogP contribution in [-0.2, 0) is 11.2 Å². The second kappa shape index (κ2) is 6.89. The van der Waals surface area contributed by atoms with Crippen LogP contribution < -0.4 is 10.9 Å². The van der Waals surface area contributed by atoms with Gasteiger partial charge in [0.2, 0.25) is 5.91 Å². The van der Waals surface area contributed by atoms with Crippen molar-refractivity contribution in [2.75, 3.05) is 0 Å². The number of aromatic hydroxyl groups is 3. The third kappa shape index (κ3) is 4.27. The Bertz CT molecular complexity index is 740. The van der Waals surface area contributed by atoms with Gasteiger partial charge in [-0.2, -0.15) is 0 Å². The fraction of sp³-hybridized carbons (Fsp3) is 0.0667. The maximum atomic E-state index is 11.9. The number of benzene rings is 2. The summed E-state index contributed by atoms with van der Waals surface area (Å²) in [6, 6.07) is 8.16. The first kappa shape index (κ1) is 16.4. The van der Waals surface area contributed by atoms with E-state index in [0.29, 0.717) is 5.56 Å². The highest BCUT2D eigenvalue weighted by atomic mass is 35.5. The van der Waals surface area contributed by atoms with E-state index in [1.807, 2.05) is 0 Å². The number of nitrogens with one attached hydrogen (secondary N) is 2. The molecule has 0 aliphatic heterocycles. The Morgan fingerprint density at radius 1 is 1.00 bits per heavy atom. The molecule has 0 aromatic heterocycles. The molecule has 0 aliphatic rings. The average molecular weight is 337 g/mol. The average Bonchev–Trinajstić information content (AvgIpc) is 2.44. The normalized spacial score (nSPS) is 10.1. The highest BCUT2D eigenvalue weighted by Crippen LogP contribution is 2.30. The molecule has 23 heavy (non-hydrogen) atoms. The van der Waals surface area contributed by atoms with Crippen molar-refractivity contribution < 1.29 is 24.9 Å². The van der Waals surface area contributed by atoms with Gasteiger partial charge in [0.05, 0.1) is 11.4 Å². The standard InChI is InChI=1S/C15H13ClN2O5/c16-11-6-10(20)7-12(21)14(11)15(23)18-17-13(22)5-8-2-1-3-9(19)4-8/h1-4,6-7,19-21H,5H2,(H,17,22)(H,18,23). The molecule has 2 rings (SSSR count). The van der Waals surface area contributed by atoms with Crippen LogP contribution in [0.3, 0.4) is 0 Å². The molecular weight excluding hydrogens is 324 g/mol. The van der Waals surface area contributed by atoms with Gasteiger partial charge in [0.15, 0.2) is 0 Å². The van der Waals surface area contributed by atoms with Gasteiger partial charge >= 0.3 is 0 Å². The van der Waals surface area contributed by atoms with E-state index >= 15 is 0 Å². The SMILES string of the molecule is O=C(Cc1cccc(O)c1)NNC(=O)c1c(O)cc(O)cc1Cl. The molecule has 2 aromatic rings. The van der Waals surface area contributed by atoms with E-state index in [4.69, 9.17) is 11.6 Å². The van der Waals surface area contributed by atoms with E-state index in [0.717, 1.165) is 12.1 Å². The summed E-state index contributed by atoms with van der Waals surface area (Å²) in [4.78, 5) is 23.7. The lowest BCUT2D eigenvalue weighted by atomic mass is 10.1. The molecule has 0 unspecified atom stereocenters. The number of amides is 2. The largest absolute Gasteiger partial charge is 0.508 e. The molecule has 0 spiro atoms. The lowest BCUT2D eigenvalue weighted by molar-refractivity contribution is -0.121. The molecule has 2 amide bonds. The molecule has 0 bridgehead atoms. The summed E-state index contributed by atoms with van der Waals surface area (Å²) in [5.74, 6) is -2.15. The van der Waals surface area contributed by atoms with E-state index in [2.05, 4.69) is 10.9 Å². The second-order valence-corrected chi connectivity index (χ2v) is 5.08. The summed E-state index contributed by atoms with van der Waals surface area (Å²) in [6.45, 7) is 0. The summed E-state index contributed by atoms with van der Waals surface area (Å²) in [6.07, 6.45) is -0.0655. The molecule has 8 heteroatoms. The number of rotatable bonds is 3. The van der Waals surface area contributed by atoms with Crippen molar-refractivity contribution in [1.29, 1.82) is 0 Å². The molecule has 0 heterocycles. The van der Waals surface area contributed by atoms with E-state index in [1.165, 1.54) is 12.1 Å². The Hall–Kier alpha value is -2.93. The van der Waals surface area contributed by atoms with Gasteiger partial charge in [-0.3, -0.25) is 20.4 Å². The van der Waals surface area contributed by atoms with E-state index in [9.17, 15) is 24.9 Å². The molecule has 0 saturated heterocycles. The quantitative estimate of drug-likeness (QED) is 0.544. The van der Waals surface area contributed by atoms with Crippen molar-refractivity contribution in [2.45, 2.75) is 6.42 Å². The number of hydrazine groups is 1. The summed E-state index contributed by atoms with van der Waals surface area (Å²) >= 11 is 5.77. The summed E-state index contributed by atoms with van der Waals surface area (Å²) in [7, 11) is 0. The van der Waals surface area contributed by atoms with Crippen LogP contribution in [0.4, 0.5) is 0 Å². The molecule has 0 radical (unpaired) electrons. The third-order valence-corrected chi connectivity index (χ3v) is 3.17. The number of phenols is 3. The zero-order chi connectivity index (χ0) is 17.0. The minimum Gasteiger partial charge on any atom is -0.508 e.